The molecule has 1 aromatic heterocycles. The largest absolute Gasteiger partial charge is 0.477 e. The number of allylic oxidation sites excluding steroid dienone is 2. The lowest BCUT2D eigenvalue weighted by Gasteiger charge is -2.16. The molecule has 0 saturated heterocycles. The van der Waals surface area contributed by atoms with Gasteiger partial charge in [-0.3, -0.25) is 0 Å². The van der Waals surface area contributed by atoms with E-state index in [-0.39, 0.29) is 0 Å². The van der Waals surface area contributed by atoms with Crippen molar-refractivity contribution in [3.63, 3.8) is 0 Å². The number of benzene rings is 1. The van der Waals surface area contributed by atoms with Crippen molar-refractivity contribution in [3.8, 4) is 0 Å². The molecule has 0 unspecified atom stereocenters. The highest BCUT2D eigenvalue weighted by atomic mass is 35.5. The molecule has 1 atom stereocenters. The van der Waals surface area contributed by atoms with Crippen LogP contribution in [0.5, 0.6) is 0 Å². The molecule has 3 rings (SSSR count). The number of unbranched alkanes of at least 4 members (excludes halogenated alkanes) is 3. The van der Waals surface area contributed by atoms with Crippen molar-refractivity contribution < 1.29 is 15.0 Å². The average Bonchev–Trinajstić information content (AvgIpc) is 3.36. The fraction of sp³-hybridized carbons (Fsp3) is 0.480. The Labute approximate surface area is 188 Å². The van der Waals surface area contributed by atoms with Crippen molar-refractivity contribution in [1.82, 2.24) is 0 Å². The number of hydrogen-bond donors (Lipinski definition) is 2. The highest BCUT2D eigenvalue weighted by Crippen LogP contribution is 2.43. The molecule has 5 heteroatoms. The number of aromatic carboxylic acids is 1. The van der Waals surface area contributed by atoms with Gasteiger partial charge in [-0.2, -0.15) is 0 Å². The van der Waals surface area contributed by atoms with E-state index < -0.39 is 5.97 Å². The highest BCUT2D eigenvalue weighted by Gasteiger charge is 2.25. The summed E-state index contributed by atoms with van der Waals surface area (Å²) in [5.41, 5.74) is 3.92. The molecule has 0 radical (unpaired) electrons. The van der Waals surface area contributed by atoms with Gasteiger partial charge in [0.2, 0.25) is 0 Å². The summed E-state index contributed by atoms with van der Waals surface area (Å²) in [7, 11) is 0. The van der Waals surface area contributed by atoms with Crippen LogP contribution in [0.25, 0.3) is 5.57 Å². The maximum atomic E-state index is 11.0. The Bertz CT molecular complexity index is 854. The molecular formula is C25H31ClO3S. The molecule has 3 nitrogen and oxygen atoms in total. The van der Waals surface area contributed by atoms with Crippen molar-refractivity contribution >= 4 is 34.5 Å². The molecule has 1 aliphatic carbocycles. The van der Waals surface area contributed by atoms with Crippen LogP contribution in [-0.2, 0) is 12.8 Å². The molecule has 30 heavy (non-hydrogen) atoms. The van der Waals surface area contributed by atoms with Crippen LogP contribution in [0.15, 0.2) is 41.4 Å². The van der Waals surface area contributed by atoms with E-state index >= 15 is 0 Å². The normalized spacial score (nSPS) is 16.4. The van der Waals surface area contributed by atoms with Gasteiger partial charge in [0.1, 0.15) is 4.88 Å². The molecule has 1 aliphatic rings. The van der Waals surface area contributed by atoms with Crippen molar-refractivity contribution in [2.45, 2.75) is 64.2 Å². The van der Waals surface area contributed by atoms with Crippen molar-refractivity contribution in [3.05, 3.63) is 62.3 Å². The Morgan fingerprint density at radius 2 is 1.77 bits per heavy atom. The zero-order valence-corrected chi connectivity index (χ0v) is 19.0. The van der Waals surface area contributed by atoms with Crippen LogP contribution in [-0.4, -0.2) is 22.8 Å². The number of thiophene rings is 1. The molecule has 1 aromatic carbocycles. The standard InChI is InChI=1S/C25H31ClO3S/c26-22-15-13-19(7-5-8-21-14-16-23(30-21)25(28)29)24(22)20-11-9-18(10-12-20)6-3-1-2-4-17-27/h9-12,14,16,19,27H,1-8,13,15,17H2,(H,28,29)/t19-/m0/s1. The minimum atomic E-state index is -0.840. The van der Waals surface area contributed by atoms with Gasteiger partial charge in [0.25, 0.3) is 0 Å². The summed E-state index contributed by atoms with van der Waals surface area (Å²) in [4.78, 5) is 12.6. The lowest BCUT2D eigenvalue weighted by atomic mass is 9.89. The average molecular weight is 447 g/mol. The molecule has 0 fully saturated rings. The van der Waals surface area contributed by atoms with Crippen molar-refractivity contribution in [2.75, 3.05) is 6.61 Å². The van der Waals surface area contributed by atoms with E-state index in [1.807, 2.05) is 6.07 Å². The van der Waals surface area contributed by atoms with E-state index in [1.165, 1.54) is 34.5 Å². The fourth-order valence-electron chi connectivity index (χ4n) is 4.28. The molecule has 162 valence electrons. The molecule has 1 heterocycles. The van der Waals surface area contributed by atoms with Crippen molar-refractivity contribution in [1.29, 1.82) is 0 Å². The van der Waals surface area contributed by atoms with Crippen LogP contribution >= 0.6 is 22.9 Å². The second-order valence-electron chi connectivity index (χ2n) is 8.10. The molecule has 0 saturated carbocycles. The number of rotatable bonds is 12. The number of halogens is 1. The van der Waals surface area contributed by atoms with E-state index in [9.17, 15) is 4.79 Å². The van der Waals surface area contributed by atoms with Gasteiger partial charge in [-0.25, -0.2) is 4.79 Å². The smallest absolute Gasteiger partial charge is 0.345 e. The van der Waals surface area contributed by atoms with Crippen LogP contribution in [0, 0.1) is 5.92 Å². The SMILES string of the molecule is O=C(O)c1ccc(CCC[C@H]2CCC(Cl)=C2c2ccc(CCCCCCO)cc2)s1. The zero-order valence-electron chi connectivity index (χ0n) is 17.4. The first kappa shape index (κ1) is 23.1. The van der Waals surface area contributed by atoms with Gasteiger partial charge in [-0.1, -0.05) is 48.7 Å². The van der Waals surface area contributed by atoms with E-state index in [0.717, 1.165) is 67.7 Å². The molecule has 0 spiro atoms. The number of hydrogen-bond acceptors (Lipinski definition) is 3. The van der Waals surface area contributed by atoms with Crippen LogP contribution in [0.4, 0.5) is 0 Å². The van der Waals surface area contributed by atoms with Gasteiger partial charge < -0.3 is 10.2 Å². The Kier molecular flexibility index (Phi) is 8.98. The second kappa shape index (κ2) is 11.7. The molecular weight excluding hydrogens is 416 g/mol. The van der Waals surface area contributed by atoms with Gasteiger partial charge >= 0.3 is 5.97 Å². The van der Waals surface area contributed by atoms with Crippen LogP contribution < -0.4 is 0 Å². The van der Waals surface area contributed by atoms with Gasteiger partial charge in [0, 0.05) is 16.5 Å². The number of aliphatic hydroxyl groups is 1. The summed E-state index contributed by atoms with van der Waals surface area (Å²) in [6, 6.07) is 12.5. The predicted octanol–water partition coefficient (Wildman–Crippen LogP) is 6.92. The molecule has 0 aliphatic heterocycles. The Morgan fingerprint density at radius 3 is 2.47 bits per heavy atom. The first-order valence-electron chi connectivity index (χ1n) is 11.0. The van der Waals surface area contributed by atoms with Crippen LogP contribution in [0.1, 0.15) is 77.0 Å². The van der Waals surface area contributed by atoms with E-state index in [2.05, 4.69) is 24.3 Å². The van der Waals surface area contributed by atoms with Gasteiger partial charge in [-0.15, -0.1) is 11.3 Å². The summed E-state index contributed by atoms with van der Waals surface area (Å²) >= 11 is 7.99. The number of aliphatic hydroxyl groups excluding tert-OH is 1. The Hall–Kier alpha value is -1.62. The number of carboxylic acid groups (broad SMARTS) is 1. The minimum Gasteiger partial charge on any atom is -0.477 e. The quantitative estimate of drug-likeness (QED) is 0.347. The minimum absolute atomic E-state index is 0.294. The zero-order chi connectivity index (χ0) is 21.3. The topological polar surface area (TPSA) is 57.5 Å². The highest BCUT2D eigenvalue weighted by molar-refractivity contribution is 7.13. The van der Waals surface area contributed by atoms with E-state index in [4.69, 9.17) is 21.8 Å². The molecule has 2 N–H and O–H groups in total. The first-order chi connectivity index (χ1) is 14.6. The Balaban J connectivity index is 1.52. The van der Waals surface area contributed by atoms with E-state index in [1.54, 1.807) is 6.07 Å². The summed E-state index contributed by atoms with van der Waals surface area (Å²) in [6.07, 6.45) is 10.5. The van der Waals surface area contributed by atoms with Gasteiger partial charge in [0.05, 0.1) is 0 Å². The molecule has 0 bridgehead atoms. The lowest BCUT2D eigenvalue weighted by Crippen LogP contribution is -2.00. The van der Waals surface area contributed by atoms with Crippen molar-refractivity contribution in [2.24, 2.45) is 5.92 Å². The summed E-state index contributed by atoms with van der Waals surface area (Å²) < 4.78 is 0. The third-order valence-electron chi connectivity index (χ3n) is 5.90. The summed E-state index contributed by atoms with van der Waals surface area (Å²) in [5.74, 6) is -0.353. The third-order valence-corrected chi connectivity index (χ3v) is 7.43. The maximum Gasteiger partial charge on any atom is 0.345 e. The van der Waals surface area contributed by atoms with Gasteiger partial charge in [-0.05, 0) is 86.1 Å². The number of carbonyl (C=O) groups is 1. The first-order valence-corrected chi connectivity index (χ1v) is 12.2. The molecule has 2 aromatic rings. The van der Waals surface area contributed by atoms with Crippen LogP contribution in [0.2, 0.25) is 0 Å². The number of aryl methyl sites for hydroxylation is 2. The number of carboxylic acids is 1. The third kappa shape index (κ3) is 6.44. The fourth-order valence-corrected chi connectivity index (χ4v) is 5.54. The second-order valence-corrected chi connectivity index (χ2v) is 9.73. The lowest BCUT2D eigenvalue weighted by molar-refractivity contribution is 0.0702. The Morgan fingerprint density at radius 1 is 1.00 bits per heavy atom. The summed E-state index contributed by atoms with van der Waals surface area (Å²) in [6.45, 7) is 0.294. The van der Waals surface area contributed by atoms with Gasteiger partial charge in [0.15, 0.2) is 0 Å². The van der Waals surface area contributed by atoms with Crippen LogP contribution in [0.3, 0.4) is 0 Å². The monoisotopic (exact) mass is 446 g/mol. The predicted molar refractivity (Wildman–Crippen MR) is 125 cm³/mol. The summed E-state index contributed by atoms with van der Waals surface area (Å²) in [5, 5.41) is 18.9. The molecule has 0 amide bonds. The maximum absolute atomic E-state index is 11.0. The van der Waals surface area contributed by atoms with E-state index in [0.29, 0.717) is 17.4 Å².